The zero-order chi connectivity index (χ0) is 28.4. The Kier molecular flexibility index (Phi) is 7.76. The van der Waals surface area contributed by atoms with Gasteiger partial charge in [-0.1, -0.05) is 45.0 Å². The highest BCUT2D eigenvalue weighted by molar-refractivity contribution is 8.00. The predicted octanol–water partition coefficient (Wildman–Crippen LogP) is 5.50. The molecule has 3 heterocycles. The Balaban J connectivity index is 1.65. The highest BCUT2D eigenvalue weighted by Gasteiger charge is 2.39. The quantitative estimate of drug-likeness (QED) is 0.339. The van der Waals surface area contributed by atoms with Gasteiger partial charge in [0.25, 0.3) is 0 Å². The summed E-state index contributed by atoms with van der Waals surface area (Å²) in [4.78, 5) is 32.6. The zero-order valence-corrected chi connectivity index (χ0v) is 23.8. The van der Waals surface area contributed by atoms with Crippen LogP contribution in [0.3, 0.4) is 0 Å². The van der Waals surface area contributed by atoms with Gasteiger partial charge in [0.15, 0.2) is 0 Å². The van der Waals surface area contributed by atoms with Crippen molar-refractivity contribution in [2.24, 2.45) is 0 Å². The van der Waals surface area contributed by atoms with Crippen molar-refractivity contribution in [3.8, 4) is 5.69 Å². The second kappa shape index (κ2) is 11.3. The summed E-state index contributed by atoms with van der Waals surface area (Å²) < 4.78 is 15.7. The van der Waals surface area contributed by atoms with Crippen molar-refractivity contribution in [3.05, 3.63) is 107 Å². The van der Waals surface area contributed by atoms with E-state index < -0.39 is 0 Å². The normalized spacial score (nSPS) is 15.5. The van der Waals surface area contributed by atoms with Crippen LogP contribution < -0.4 is 10.2 Å². The summed E-state index contributed by atoms with van der Waals surface area (Å²) in [6.45, 7) is 8.43. The van der Waals surface area contributed by atoms with Gasteiger partial charge < -0.3 is 5.32 Å². The molecule has 0 spiro atoms. The third-order valence-corrected chi connectivity index (χ3v) is 8.01. The number of hydrogen-bond donors (Lipinski definition) is 1. The molecule has 0 radical (unpaired) electrons. The number of nitrogens with zero attached hydrogens (tertiary/aromatic N) is 4. The summed E-state index contributed by atoms with van der Waals surface area (Å²) in [6, 6.07) is 18.0. The number of anilines is 1. The van der Waals surface area contributed by atoms with Crippen molar-refractivity contribution < 1.29 is 14.0 Å². The minimum Gasteiger partial charge on any atom is -0.350 e. The van der Waals surface area contributed by atoms with E-state index in [1.54, 1.807) is 34.1 Å². The predicted molar refractivity (Wildman–Crippen MR) is 156 cm³/mol. The first-order valence-corrected chi connectivity index (χ1v) is 14.2. The third-order valence-electron chi connectivity index (χ3n) is 6.76. The van der Waals surface area contributed by atoms with Crippen molar-refractivity contribution in [2.75, 3.05) is 17.2 Å². The average Bonchev–Trinajstić information content (AvgIpc) is 3.27. The number of amides is 2. The first-order valence-electron chi connectivity index (χ1n) is 13.2. The van der Waals surface area contributed by atoms with E-state index in [1.165, 1.54) is 23.9 Å². The number of rotatable bonds is 6. The number of halogens is 1. The fraction of sp³-hybridized carbons (Fsp3) is 0.290. The lowest BCUT2D eigenvalue weighted by atomic mass is 9.87. The summed E-state index contributed by atoms with van der Waals surface area (Å²) in [5, 5.41) is 7.75. The minimum atomic E-state index is -0.374. The highest BCUT2D eigenvalue weighted by Crippen LogP contribution is 2.48. The summed E-state index contributed by atoms with van der Waals surface area (Å²) >= 11 is 1.47. The molecule has 1 N–H and O–H groups in total. The number of benzene rings is 2. The molecule has 0 aliphatic carbocycles. The average molecular weight is 558 g/mol. The number of aromatic nitrogens is 3. The summed E-state index contributed by atoms with van der Waals surface area (Å²) in [7, 11) is 0. The molecule has 4 aromatic rings. The van der Waals surface area contributed by atoms with E-state index in [0.29, 0.717) is 12.4 Å². The molecule has 2 amide bonds. The smallest absolute Gasteiger partial charge is 0.240 e. The topological polar surface area (TPSA) is 80.1 Å². The van der Waals surface area contributed by atoms with E-state index in [9.17, 15) is 14.0 Å². The largest absolute Gasteiger partial charge is 0.350 e. The monoisotopic (exact) mass is 557 g/mol. The van der Waals surface area contributed by atoms with Crippen molar-refractivity contribution in [1.29, 1.82) is 0 Å². The third kappa shape index (κ3) is 5.79. The van der Waals surface area contributed by atoms with Crippen LogP contribution in [0, 0.1) is 12.7 Å². The van der Waals surface area contributed by atoms with E-state index in [4.69, 9.17) is 5.10 Å². The van der Waals surface area contributed by atoms with Gasteiger partial charge in [-0.05, 0) is 60.0 Å². The maximum atomic E-state index is 13.9. The fourth-order valence-electron chi connectivity index (χ4n) is 4.81. The van der Waals surface area contributed by atoms with Gasteiger partial charge in [0.1, 0.15) is 18.2 Å². The number of pyridine rings is 1. The van der Waals surface area contributed by atoms with Gasteiger partial charge >= 0.3 is 0 Å². The number of hydrogen-bond acceptors (Lipinski definition) is 5. The standard InChI is InChI=1S/C31H32FN5O2S/c1-20-6-5-7-24(16-20)37-30-27(29(35-37)31(2,3)4)28(22-8-10-23(32)11-9-22)40-19-26(39)36(30)18-25(38)34-17-21-12-14-33-15-13-21/h5-16,28H,17-19H2,1-4H3,(H,34,38)/t28-/m0/s1. The Hall–Kier alpha value is -3.98. The molecule has 5 rings (SSSR count). The molecule has 2 aromatic carbocycles. The molecule has 0 bridgehead atoms. The molecular formula is C31H32FN5O2S. The van der Waals surface area contributed by atoms with Crippen LogP contribution in [0.4, 0.5) is 10.2 Å². The molecular weight excluding hydrogens is 525 g/mol. The number of carbonyl (C=O) groups is 2. The summed E-state index contributed by atoms with van der Waals surface area (Å²) in [6.07, 6.45) is 3.35. The van der Waals surface area contributed by atoms with E-state index in [2.05, 4.69) is 31.1 Å². The van der Waals surface area contributed by atoms with Crippen LogP contribution in [0.25, 0.3) is 5.69 Å². The fourth-order valence-corrected chi connectivity index (χ4v) is 6.01. The van der Waals surface area contributed by atoms with Crippen LogP contribution in [0.2, 0.25) is 0 Å². The maximum absolute atomic E-state index is 13.9. The van der Waals surface area contributed by atoms with Crippen LogP contribution in [0.15, 0.2) is 73.1 Å². The second-order valence-corrected chi connectivity index (χ2v) is 12.0. The van der Waals surface area contributed by atoms with Crippen LogP contribution in [0.1, 0.15) is 54.0 Å². The first kappa shape index (κ1) is 27.6. The lowest BCUT2D eigenvalue weighted by Crippen LogP contribution is -2.42. The lowest BCUT2D eigenvalue weighted by Gasteiger charge is -2.24. The second-order valence-electron chi connectivity index (χ2n) is 10.9. The van der Waals surface area contributed by atoms with E-state index in [1.807, 2.05) is 43.3 Å². The Labute approximate surface area is 237 Å². The maximum Gasteiger partial charge on any atom is 0.240 e. The molecule has 0 fully saturated rings. The minimum absolute atomic E-state index is 0.158. The lowest BCUT2D eigenvalue weighted by molar-refractivity contribution is -0.123. The van der Waals surface area contributed by atoms with E-state index in [-0.39, 0.29) is 40.6 Å². The first-order chi connectivity index (χ1) is 19.1. The molecule has 0 unspecified atom stereocenters. The van der Waals surface area contributed by atoms with Crippen LogP contribution in [0.5, 0.6) is 0 Å². The molecule has 1 aliphatic rings. The molecule has 1 atom stereocenters. The Morgan fingerprint density at radius 2 is 1.82 bits per heavy atom. The number of fused-ring (bicyclic) bond motifs is 1. The highest BCUT2D eigenvalue weighted by atomic mass is 32.2. The van der Waals surface area contributed by atoms with Crippen LogP contribution in [-0.4, -0.2) is 38.9 Å². The Morgan fingerprint density at radius 1 is 1.10 bits per heavy atom. The molecule has 7 nitrogen and oxygen atoms in total. The van der Waals surface area contributed by atoms with Crippen molar-refractivity contribution in [3.63, 3.8) is 0 Å². The summed E-state index contributed by atoms with van der Waals surface area (Å²) in [5.41, 5.74) is 4.94. The SMILES string of the molecule is Cc1cccc(-n2nc(C(C)(C)C)c3c2N(CC(=O)NCc2ccncc2)C(=O)CS[C@H]3c2ccc(F)cc2)c1. The zero-order valence-electron chi connectivity index (χ0n) is 23.0. The number of carbonyl (C=O) groups excluding carboxylic acids is 2. The van der Waals surface area contributed by atoms with Crippen molar-refractivity contribution in [1.82, 2.24) is 20.1 Å². The van der Waals surface area contributed by atoms with E-state index in [0.717, 1.165) is 33.6 Å². The van der Waals surface area contributed by atoms with Gasteiger partial charge in [-0.25, -0.2) is 9.07 Å². The number of aryl methyl sites for hydroxylation is 1. The molecule has 1 aliphatic heterocycles. The number of thioether (sulfide) groups is 1. The molecule has 0 saturated carbocycles. The van der Waals surface area contributed by atoms with Crippen molar-refractivity contribution >= 4 is 29.4 Å². The van der Waals surface area contributed by atoms with Gasteiger partial charge in [-0.2, -0.15) is 5.10 Å². The number of nitrogens with one attached hydrogen (secondary N) is 1. The summed E-state index contributed by atoms with van der Waals surface area (Å²) in [5.74, 6) is -0.0671. The van der Waals surface area contributed by atoms with Gasteiger partial charge in [0.2, 0.25) is 11.8 Å². The van der Waals surface area contributed by atoms with E-state index >= 15 is 0 Å². The molecule has 40 heavy (non-hydrogen) atoms. The Morgan fingerprint density at radius 3 is 2.50 bits per heavy atom. The van der Waals surface area contributed by atoms with Crippen molar-refractivity contribution in [2.45, 2.75) is 44.9 Å². The van der Waals surface area contributed by atoms with Crippen LogP contribution >= 0.6 is 11.8 Å². The van der Waals surface area contributed by atoms with Gasteiger partial charge in [-0.3, -0.25) is 19.5 Å². The van der Waals surface area contributed by atoms with Gasteiger partial charge in [0, 0.05) is 29.9 Å². The Bertz CT molecular complexity index is 1530. The molecule has 206 valence electrons. The van der Waals surface area contributed by atoms with Crippen LogP contribution in [-0.2, 0) is 21.5 Å². The molecule has 2 aromatic heterocycles. The van der Waals surface area contributed by atoms with Gasteiger partial charge in [0.05, 0.1) is 22.4 Å². The molecule has 9 heteroatoms. The van der Waals surface area contributed by atoms with Gasteiger partial charge in [-0.15, -0.1) is 11.8 Å². The molecule has 0 saturated heterocycles.